The van der Waals surface area contributed by atoms with E-state index in [1.165, 1.54) is 6.33 Å². The molecule has 0 bridgehead atoms. The molecule has 1 aromatic heterocycles. The molecule has 0 saturated carbocycles. The van der Waals surface area contributed by atoms with Crippen LogP contribution in [0.2, 0.25) is 5.02 Å². The average Bonchev–Trinajstić information content (AvgIpc) is 2.65. The van der Waals surface area contributed by atoms with Crippen LogP contribution in [0.1, 0.15) is 24.3 Å². The summed E-state index contributed by atoms with van der Waals surface area (Å²) in [6, 6.07) is 16.1. The molecule has 0 aliphatic rings. The number of anilines is 3. The third-order valence-electron chi connectivity index (χ3n) is 3.53. The molecule has 3 aromatic rings. The van der Waals surface area contributed by atoms with Gasteiger partial charge in [-0.05, 0) is 38.1 Å². The van der Waals surface area contributed by atoms with Crippen molar-refractivity contribution >= 4 is 34.7 Å². The number of carbonyl (C=O) groups is 1. The van der Waals surface area contributed by atoms with Gasteiger partial charge < -0.3 is 15.4 Å². The molecule has 0 saturated heterocycles. The Kier molecular flexibility index (Phi) is 5.88. The van der Waals surface area contributed by atoms with Crippen LogP contribution in [0.25, 0.3) is 0 Å². The first-order chi connectivity index (χ1) is 13.0. The van der Waals surface area contributed by atoms with Crippen molar-refractivity contribution in [1.29, 1.82) is 0 Å². The molecule has 6 nitrogen and oxygen atoms in total. The van der Waals surface area contributed by atoms with Gasteiger partial charge in [0.25, 0.3) is 5.91 Å². The highest BCUT2D eigenvalue weighted by Crippen LogP contribution is 2.28. The van der Waals surface area contributed by atoms with Gasteiger partial charge in [-0.15, -0.1) is 0 Å². The van der Waals surface area contributed by atoms with Crippen molar-refractivity contribution in [3.63, 3.8) is 0 Å². The fourth-order valence-corrected chi connectivity index (χ4v) is 2.55. The van der Waals surface area contributed by atoms with E-state index in [4.69, 9.17) is 16.3 Å². The van der Waals surface area contributed by atoms with Gasteiger partial charge in [0, 0.05) is 6.07 Å². The zero-order chi connectivity index (χ0) is 19.2. The molecule has 2 N–H and O–H groups in total. The number of rotatable bonds is 6. The van der Waals surface area contributed by atoms with E-state index in [1.807, 2.05) is 38.1 Å². The SMILES string of the molecule is CC(C)Oc1ccccc1Nc1cc(C(=O)Nc2ccccc2Cl)ncn1. The Morgan fingerprint density at radius 1 is 1.04 bits per heavy atom. The van der Waals surface area contributed by atoms with Crippen LogP contribution in [0.4, 0.5) is 17.2 Å². The topological polar surface area (TPSA) is 76.1 Å². The van der Waals surface area contributed by atoms with Gasteiger partial charge in [-0.2, -0.15) is 0 Å². The predicted octanol–water partition coefficient (Wildman–Crippen LogP) is 4.91. The zero-order valence-electron chi connectivity index (χ0n) is 14.9. The van der Waals surface area contributed by atoms with Crippen LogP contribution in [0.5, 0.6) is 5.75 Å². The van der Waals surface area contributed by atoms with Crippen molar-refractivity contribution < 1.29 is 9.53 Å². The summed E-state index contributed by atoms with van der Waals surface area (Å²) in [4.78, 5) is 20.7. The number of ether oxygens (including phenoxy) is 1. The smallest absolute Gasteiger partial charge is 0.274 e. The van der Waals surface area contributed by atoms with Crippen molar-refractivity contribution in [2.75, 3.05) is 10.6 Å². The van der Waals surface area contributed by atoms with Crippen LogP contribution < -0.4 is 15.4 Å². The Bertz CT molecular complexity index is 947. The number of amides is 1. The fraction of sp³-hybridized carbons (Fsp3) is 0.150. The quantitative estimate of drug-likeness (QED) is 0.633. The van der Waals surface area contributed by atoms with E-state index in [0.29, 0.717) is 22.3 Å². The van der Waals surface area contributed by atoms with Crippen molar-refractivity contribution in [2.24, 2.45) is 0 Å². The van der Waals surface area contributed by atoms with Gasteiger partial charge in [0.05, 0.1) is 22.5 Å². The second-order valence-corrected chi connectivity index (χ2v) is 6.42. The molecule has 27 heavy (non-hydrogen) atoms. The maximum atomic E-state index is 12.5. The summed E-state index contributed by atoms with van der Waals surface area (Å²) in [5, 5.41) is 6.36. The third-order valence-corrected chi connectivity index (χ3v) is 3.86. The van der Waals surface area contributed by atoms with Crippen molar-refractivity contribution in [2.45, 2.75) is 20.0 Å². The molecule has 1 heterocycles. The van der Waals surface area contributed by atoms with Crippen molar-refractivity contribution in [3.05, 3.63) is 71.6 Å². The van der Waals surface area contributed by atoms with Crippen molar-refractivity contribution in [1.82, 2.24) is 9.97 Å². The lowest BCUT2D eigenvalue weighted by Crippen LogP contribution is -2.14. The van der Waals surface area contributed by atoms with Crippen LogP contribution >= 0.6 is 11.6 Å². The number of carbonyl (C=O) groups excluding carboxylic acids is 1. The molecular weight excluding hydrogens is 364 g/mol. The fourth-order valence-electron chi connectivity index (χ4n) is 2.36. The minimum atomic E-state index is -0.375. The van der Waals surface area contributed by atoms with Gasteiger partial charge in [0.15, 0.2) is 0 Å². The molecule has 0 unspecified atom stereocenters. The van der Waals surface area contributed by atoms with Gasteiger partial charge in [-0.3, -0.25) is 4.79 Å². The number of para-hydroxylation sites is 3. The largest absolute Gasteiger partial charge is 0.489 e. The molecule has 0 spiro atoms. The normalized spacial score (nSPS) is 10.5. The lowest BCUT2D eigenvalue weighted by molar-refractivity contribution is 0.102. The molecule has 0 aliphatic carbocycles. The summed E-state index contributed by atoms with van der Waals surface area (Å²) in [5.41, 5.74) is 1.49. The first-order valence-corrected chi connectivity index (χ1v) is 8.81. The highest BCUT2D eigenvalue weighted by Gasteiger charge is 2.12. The van der Waals surface area contributed by atoms with Crippen LogP contribution in [-0.4, -0.2) is 22.0 Å². The number of halogens is 1. The average molecular weight is 383 g/mol. The third kappa shape index (κ3) is 4.95. The number of benzene rings is 2. The molecule has 138 valence electrons. The van der Waals surface area contributed by atoms with E-state index in [2.05, 4.69) is 20.6 Å². The number of aromatic nitrogens is 2. The van der Waals surface area contributed by atoms with Crippen LogP contribution in [0, 0.1) is 0 Å². The Hall–Kier alpha value is -3.12. The minimum Gasteiger partial charge on any atom is -0.489 e. The summed E-state index contributed by atoms with van der Waals surface area (Å²) in [6.45, 7) is 3.91. The first-order valence-electron chi connectivity index (χ1n) is 8.43. The van der Waals surface area contributed by atoms with E-state index in [9.17, 15) is 4.79 Å². The van der Waals surface area contributed by atoms with Crippen molar-refractivity contribution in [3.8, 4) is 5.75 Å². The maximum Gasteiger partial charge on any atom is 0.274 e. The molecule has 0 radical (unpaired) electrons. The molecule has 2 aromatic carbocycles. The van der Waals surface area contributed by atoms with Crippen LogP contribution in [0.15, 0.2) is 60.9 Å². The summed E-state index contributed by atoms with van der Waals surface area (Å²) in [6.07, 6.45) is 1.37. The molecule has 1 amide bonds. The number of hydrogen-bond donors (Lipinski definition) is 2. The second kappa shape index (κ2) is 8.51. The zero-order valence-corrected chi connectivity index (χ0v) is 15.7. The summed E-state index contributed by atoms with van der Waals surface area (Å²) in [7, 11) is 0. The van der Waals surface area contributed by atoms with E-state index < -0.39 is 0 Å². The van der Waals surface area contributed by atoms with Gasteiger partial charge in [-0.1, -0.05) is 35.9 Å². The summed E-state index contributed by atoms with van der Waals surface area (Å²) >= 11 is 6.08. The monoisotopic (exact) mass is 382 g/mol. The van der Waals surface area contributed by atoms with E-state index >= 15 is 0 Å². The van der Waals surface area contributed by atoms with Gasteiger partial charge in [-0.25, -0.2) is 9.97 Å². The van der Waals surface area contributed by atoms with Gasteiger partial charge >= 0.3 is 0 Å². The Balaban J connectivity index is 1.78. The van der Waals surface area contributed by atoms with Crippen LogP contribution in [0.3, 0.4) is 0 Å². The maximum absolute atomic E-state index is 12.5. The van der Waals surface area contributed by atoms with E-state index in [0.717, 1.165) is 5.69 Å². The number of hydrogen-bond acceptors (Lipinski definition) is 5. The molecule has 0 aliphatic heterocycles. The molecule has 7 heteroatoms. The second-order valence-electron chi connectivity index (χ2n) is 6.01. The highest BCUT2D eigenvalue weighted by molar-refractivity contribution is 6.33. The Morgan fingerprint density at radius 2 is 1.74 bits per heavy atom. The molecule has 0 atom stereocenters. The molecule has 0 fully saturated rings. The summed E-state index contributed by atoms with van der Waals surface area (Å²) < 4.78 is 5.79. The van der Waals surface area contributed by atoms with Gasteiger partial charge in [0.1, 0.15) is 23.6 Å². The number of nitrogens with zero attached hydrogens (tertiary/aromatic N) is 2. The predicted molar refractivity (Wildman–Crippen MR) is 107 cm³/mol. The van der Waals surface area contributed by atoms with Crippen LogP contribution in [-0.2, 0) is 0 Å². The van der Waals surface area contributed by atoms with Gasteiger partial charge in [0.2, 0.25) is 0 Å². The lowest BCUT2D eigenvalue weighted by atomic mass is 10.2. The van der Waals surface area contributed by atoms with E-state index in [-0.39, 0.29) is 17.7 Å². The lowest BCUT2D eigenvalue weighted by Gasteiger charge is -2.15. The number of nitrogens with one attached hydrogen (secondary N) is 2. The standard InChI is InChI=1S/C20H19ClN4O2/c1-13(2)27-18-10-6-5-9-16(18)24-19-11-17(22-12-23-19)20(26)25-15-8-4-3-7-14(15)21/h3-13H,1-2H3,(H,25,26)(H,22,23,24). The van der Waals surface area contributed by atoms with E-state index in [1.54, 1.807) is 30.3 Å². The summed E-state index contributed by atoms with van der Waals surface area (Å²) in [5.74, 6) is 0.808. The minimum absolute atomic E-state index is 0.0373. The highest BCUT2D eigenvalue weighted by atomic mass is 35.5. The Labute approximate surface area is 162 Å². The molecular formula is C20H19ClN4O2. The first kappa shape index (κ1) is 18.7. The molecule has 3 rings (SSSR count). The Morgan fingerprint density at radius 3 is 2.48 bits per heavy atom.